The number of methoxy groups -OCH3 is 1. The Hall–Kier alpha value is -3.85. The van der Waals surface area contributed by atoms with E-state index in [-0.39, 0.29) is 17.3 Å². The number of anilines is 1. The number of carbonyl (C=O) groups is 2. The van der Waals surface area contributed by atoms with Gasteiger partial charge in [0.15, 0.2) is 0 Å². The van der Waals surface area contributed by atoms with Crippen LogP contribution in [0.15, 0.2) is 77.7 Å². The first kappa shape index (κ1) is 29.7. The molecule has 0 aromatic heterocycles. The fourth-order valence-corrected chi connectivity index (χ4v) is 5.44. The lowest BCUT2D eigenvalue weighted by molar-refractivity contribution is -0.139. The van der Waals surface area contributed by atoms with E-state index in [2.05, 4.69) is 5.32 Å². The van der Waals surface area contributed by atoms with Gasteiger partial charge < -0.3 is 15.0 Å². The average Bonchev–Trinajstić information content (AvgIpc) is 2.93. The van der Waals surface area contributed by atoms with Crippen LogP contribution in [0.3, 0.4) is 0 Å². The second-order valence-electron chi connectivity index (χ2n) is 9.50. The van der Waals surface area contributed by atoms with Gasteiger partial charge in [-0.05, 0) is 69.2 Å². The molecule has 0 aliphatic carbocycles. The zero-order chi connectivity index (χ0) is 28.6. The van der Waals surface area contributed by atoms with Crippen LogP contribution in [0.4, 0.5) is 5.69 Å². The molecule has 39 heavy (non-hydrogen) atoms. The number of ether oxygens (including phenoxy) is 1. The molecule has 9 heteroatoms. The maximum Gasteiger partial charge on any atom is 0.264 e. The molecule has 3 aromatic carbocycles. The molecule has 3 rings (SSSR count). The highest BCUT2D eigenvalue weighted by Crippen LogP contribution is 2.25. The van der Waals surface area contributed by atoms with E-state index in [4.69, 9.17) is 4.74 Å². The summed E-state index contributed by atoms with van der Waals surface area (Å²) in [7, 11) is -2.54. The molecule has 0 bridgehead atoms. The fourth-order valence-electron chi connectivity index (χ4n) is 4.02. The molecule has 1 atom stereocenters. The first-order chi connectivity index (χ1) is 18.6. The maximum atomic E-state index is 13.9. The van der Waals surface area contributed by atoms with Gasteiger partial charge in [0.2, 0.25) is 11.8 Å². The van der Waals surface area contributed by atoms with Crippen LogP contribution >= 0.6 is 0 Å². The standard InChI is InChI=1S/C30H37N3O5S/c1-6-18-31-30(35)24(4)32(20-25-8-7-9-27(19-25)38-5)29(34)21-33(26-14-10-22(2)11-15-26)39(36,37)28-16-12-23(3)13-17-28/h7-17,19,24H,6,18,20-21H2,1-5H3,(H,31,35)/t24-/m0/s1. The Morgan fingerprint density at radius 3 is 2.15 bits per heavy atom. The number of hydrogen-bond acceptors (Lipinski definition) is 5. The minimum Gasteiger partial charge on any atom is -0.497 e. The van der Waals surface area contributed by atoms with E-state index < -0.39 is 28.5 Å². The number of carbonyl (C=O) groups excluding carboxylic acids is 2. The van der Waals surface area contributed by atoms with E-state index >= 15 is 0 Å². The van der Waals surface area contributed by atoms with Crippen molar-refractivity contribution in [2.45, 2.75) is 51.6 Å². The van der Waals surface area contributed by atoms with E-state index in [9.17, 15) is 18.0 Å². The quantitative estimate of drug-likeness (QED) is 0.359. The Morgan fingerprint density at radius 2 is 1.56 bits per heavy atom. The molecule has 0 aliphatic heterocycles. The van der Waals surface area contributed by atoms with Crippen LogP contribution in [-0.4, -0.2) is 51.4 Å². The second kappa shape index (κ2) is 13.3. The topological polar surface area (TPSA) is 96.0 Å². The van der Waals surface area contributed by atoms with Crippen molar-refractivity contribution < 1.29 is 22.7 Å². The summed E-state index contributed by atoms with van der Waals surface area (Å²) in [6.45, 7) is 7.46. The lowest BCUT2D eigenvalue weighted by atomic mass is 10.1. The Labute approximate surface area is 231 Å². The predicted octanol–water partition coefficient (Wildman–Crippen LogP) is 4.45. The molecule has 0 fully saturated rings. The van der Waals surface area contributed by atoms with Crippen LogP contribution < -0.4 is 14.4 Å². The van der Waals surface area contributed by atoms with E-state index in [1.54, 1.807) is 68.6 Å². The van der Waals surface area contributed by atoms with E-state index in [1.165, 1.54) is 17.0 Å². The van der Waals surface area contributed by atoms with Crippen molar-refractivity contribution in [1.82, 2.24) is 10.2 Å². The Bertz CT molecular complexity index is 1370. The van der Waals surface area contributed by atoms with Crippen molar-refractivity contribution in [1.29, 1.82) is 0 Å². The van der Waals surface area contributed by atoms with Crippen molar-refractivity contribution in [3.63, 3.8) is 0 Å². The van der Waals surface area contributed by atoms with Crippen molar-refractivity contribution in [2.75, 3.05) is 24.5 Å². The van der Waals surface area contributed by atoms with Gasteiger partial charge in [0, 0.05) is 13.1 Å². The third-order valence-electron chi connectivity index (χ3n) is 6.41. The van der Waals surface area contributed by atoms with Gasteiger partial charge in [-0.3, -0.25) is 13.9 Å². The van der Waals surface area contributed by atoms with Gasteiger partial charge in [0.25, 0.3) is 10.0 Å². The molecule has 2 amide bonds. The van der Waals surface area contributed by atoms with Crippen molar-refractivity contribution in [3.8, 4) is 5.75 Å². The van der Waals surface area contributed by atoms with Crippen LogP contribution in [0, 0.1) is 13.8 Å². The summed E-state index contributed by atoms with van der Waals surface area (Å²) >= 11 is 0. The number of aryl methyl sites for hydroxylation is 2. The number of benzene rings is 3. The molecule has 0 unspecified atom stereocenters. The van der Waals surface area contributed by atoms with Gasteiger partial charge in [-0.1, -0.05) is 54.4 Å². The van der Waals surface area contributed by atoms with Crippen LogP contribution in [0.5, 0.6) is 5.75 Å². The van der Waals surface area contributed by atoms with Gasteiger partial charge in [0.05, 0.1) is 17.7 Å². The number of nitrogens with zero attached hydrogens (tertiary/aromatic N) is 2. The summed E-state index contributed by atoms with van der Waals surface area (Å²) in [4.78, 5) is 28.3. The molecule has 0 radical (unpaired) electrons. The molecule has 3 aromatic rings. The molecular formula is C30H37N3O5S. The molecule has 0 heterocycles. The average molecular weight is 552 g/mol. The largest absolute Gasteiger partial charge is 0.497 e. The molecule has 0 aliphatic rings. The number of rotatable bonds is 12. The summed E-state index contributed by atoms with van der Waals surface area (Å²) in [6, 6.07) is 19.8. The molecule has 0 saturated heterocycles. The third-order valence-corrected chi connectivity index (χ3v) is 8.20. The van der Waals surface area contributed by atoms with Crippen LogP contribution in [0.1, 0.15) is 37.0 Å². The second-order valence-corrected chi connectivity index (χ2v) is 11.4. The van der Waals surface area contributed by atoms with E-state index in [0.29, 0.717) is 18.0 Å². The first-order valence-electron chi connectivity index (χ1n) is 12.9. The lowest BCUT2D eigenvalue weighted by Crippen LogP contribution is -2.51. The van der Waals surface area contributed by atoms with Crippen molar-refractivity contribution in [2.24, 2.45) is 0 Å². The number of nitrogens with one attached hydrogen (secondary N) is 1. The zero-order valence-electron chi connectivity index (χ0n) is 23.2. The number of sulfonamides is 1. The summed E-state index contributed by atoms with van der Waals surface area (Å²) < 4.78 is 34.1. The van der Waals surface area contributed by atoms with Crippen LogP contribution in [0.2, 0.25) is 0 Å². The monoisotopic (exact) mass is 551 g/mol. The van der Waals surface area contributed by atoms with Crippen LogP contribution in [0.25, 0.3) is 0 Å². The lowest BCUT2D eigenvalue weighted by Gasteiger charge is -2.32. The zero-order valence-corrected chi connectivity index (χ0v) is 24.0. The molecule has 208 valence electrons. The summed E-state index contributed by atoms with van der Waals surface area (Å²) in [5.41, 5.74) is 2.99. The predicted molar refractivity (Wildman–Crippen MR) is 153 cm³/mol. The minimum atomic E-state index is -4.09. The first-order valence-corrected chi connectivity index (χ1v) is 14.4. The highest BCUT2D eigenvalue weighted by atomic mass is 32.2. The summed E-state index contributed by atoms with van der Waals surface area (Å²) in [5.74, 6) is -0.198. The minimum absolute atomic E-state index is 0.0783. The van der Waals surface area contributed by atoms with E-state index in [1.807, 2.05) is 26.8 Å². The molecular weight excluding hydrogens is 514 g/mol. The Morgan fingerprint density at radius 1 is 0.949 bits per heavy atom. The van der Waals surface area contributed by atoms with Gasteiger partial charge >= 0.3 is 0 Å². The number of amides is 2. The van der Waals surface area contributed by atoms with Crippen LogP contribution in [-0.2, 0) is 26.2 Å². The SMILES string of the molecule is CCCNC(=O)[C@H](C)N(Cc1cccc(OC)c1)C(=O)CN(c1ccc(C)cc1)S(=O)(=O)c1ccc(C)cc1. The summed E-state index contributed by atoms with van der Waals surface area (Å²) in [5, 5.41) is 2.84. The smallest absolute Gasteiger partial charge is 0.264 e. The van der Waals surface area contributed by atoms with Gasteiger partial charge in [-0.25, -0.2) is 8.42 Å². The van der Waals surface area contributed by atoms with Gasteiger partial charge in [-0.2, -0.15) is 0 Å². The van der Waals surface area contributed by atoms with Crippen molar-refractivity contribution in [3.05, 3.63) is 89.5 Å². The Balaban J connectivity index is 2.02. The van der Waals surface area contributed by atoms with Gasteiger partial charge in [0.1, 0.15) is 18.3 Å². The molecule has 0 spiro atoms. The third kappa shape index (κ3) is 7.60. The van der Waals surface area contributed by atoms with E-state index in [0.717, 1.165) is 27.4 Å². The highest BCUT2D eigenvalue weighted by Gasteiger charge is 2.32. The fraction of sp³-hybridized carbons (Fsp3) is 0.333. The maximum absolute atomic E-state index is 13.9. The normalized spacial score (nSPS) is 11.9. The molecule has 8 nitrogen and oxygen atoms in total. The molecule has 0 saturated carbocycles. The Kier molecular flexibility index (Phi) is 10.1. The highest BCUT2D eigenvalue weighted by molar-refractivity contribution is 7.92. The summed E-state index contributed by atoms with van der Waals surface area (Å²) in [6.07, 6.45) is 0.748. The van der Waals surface area contributed by atoms with Gasteiger partial charge in [-0.15, -0.1) is 0 Å². The number of hydrogen-bond donors (Lipinski definition) is 1. The molecule has 1 N–H and O–H groups in total. The van der Waals surface area contributed by atoms with Crippen molar-refractivity contribution >= 4 is 27.5 Å².